The first-order valence-electron chi connectivity index (χ1n) is 6.85. The summed E-state index contributed by atoms with van der Waals surface area (Å²) in [6, 6.07) is 7.52. The van der Waals surface area contributed by atoms with Gasteiger partial charge in [-0.25, -0.2) is 0 Å². The Bertz CT molecular complexity index is 411. The number of anilines is 1. The molecule has 1 rings (SSSR count). The molecule has 0 radical (unpaired) electrons. The predicted octanol–water partition coefficient (Wildman–Crippen LogP) is 3.13. The lowest BCUT2D eigenvalue weighted by molar-refractivity contribution is -0.116. The molecule has 0 aliphatic heterocycles. The van der Waals surface area contributed by atoms with E-state index in [-0.39, 0.29) is 5.91 Å². The first-order valence-corrected chi connectivity index (χ1v) is 7.97. The number of amides is 1. The third-order valence-corrected chi connectivity index (χ3v) is 3.27. The molecule has 0 saturated carbocycles. The summed E-state index contributed by atoms with van der Waals surface area (Å²) in [6.07, 6.45) is 2.47. The molecule has 4 nitrogen and oxygen atoms in total. The molecule has 0 aromatic heterocycles. The van der Waals surface area contributed by atoms with Gasteiger partial charge in [0.25, 0.3) is 0 Å². The number of hydrogen-bond acceptors (Lipinski definition) is 3. The van der Waals surface area contributed by atoms with Gasteiger partial charge in [-0.2, -0.15) is 0 Å². The van der Waals surface area contributed by atoms with Crippen LogP contribution >= 0.6 is 15.9 Å². The Morgan fingerprint density at radius 3 is 2.85 bits per heavy atom. The van der Waals surface area contributed by atoms with Gasteiger partial charge in [-0.3, -0.25) is 4.79 Å². The van der Waals surface area contributed by atoms with Crippen LogP contribution in [0.25, 0.3) is 0 Å². The van der Waals surface area contributed by atoms with Crippen molar-refractivity contribution >= 4 is 27.5 Å². The first kappa shape index (κ1) is 17.0. The van der Waals surface area contributed by atoms with E-state index in [1.807, 2.05) is 38.4 Å². The Hall–Kier alpha value is -1.07. The van der Waals surface area contributed by atoms with Gasteiger partial charge in [-0.1, -0.05) is 22.0 Å². The molecule has 0 aliphatic carbocycles. The van der Waals surface area contributed by atoms with Crippen molar-refractivity contribution < 1.29 is 9.53 Å². The van der Waals surface area contributed by atoms with Crippen LogP contribution in [-0.4, -0.2) is 43.4 Å². The van der Waals surface area contributed by atoms with Crippen LogP contribution in [0.3, 0.4) is 0 Å². The molecule has 1 aromatic carbocycles. The van der Waals surface area contributed by atoms with Crippen LogP contribution in [0.5, 0.6) is 5.75 Å². The number of ether oxygens (including phenoxy) is 1. The monoisotopic (exact) mass is 342 g/mol. The highest BCUT2D eigenvalue weighted by Crippen LogP contribution is 2.17. The SMILES string of the molecule is CN(C)CCOc1cccc(NC(=O)CCCCBr)c1. The molecule has 20 heavy (non-hydrogen) atoms. The largest absolute Gasteiger partial charge is 0.492 e. The Labute approximate surface area is 129 Å². The molecule has 0 atom stereocenters. The fourth-order valence-corrected chi connectivity index (χ4v) is 2.01. The van der Waals surface area contributed by atoms with Crippen LogP contribution in [-0.2, 0) is 4.79 Å². The molecular formula is C15H23BrN2O2. The summed E-state index contributed by atoms with van der Waals surface area (Å²) in [5.41, 5.74) is 0.788. The second-order valence-corrected chi connectivity index (χ2v) is 5.67. The zero-order chi connectivity index (χ0) is 14.8. The molecule has 0 aliphatic rings. The third-order valence-electron chi connectivity index (χ3n) is 2.71. The number of nitrogens with one attached hydrogen (secondary N) is 1. The Morgan fingerprint density at radius 1 is 1.35 bits per heavy atom. The Balaban J connectivity index is 2.40. The average molecular weight is 343 g/mol. The Morgan fingerprint density at radius 2 is 2.15 bits per heavy atom. The molecular weight excluding hydrogens is 320 g/mol. The molecule has 0 spiro atoms. The molecule has 112 valence electrons. The number of rotatable bonds is 9. The molecule has 0 bridgehead atoms. The molecule has 1 aromatic rings. The van der Waals surface area contributed by atoms with Gasteiger partial charge >= 0.3 is 0 Å². The second-order valence-electron chi connectivity index (χ2n) is 4.87. The molecule has 0 fully saturated rings. The van der Waals surface area contributed by atoms with Gasteiger partial charge < -0.3 is 15.0 Å². The van der Waals surface area contributed by atoms with Gasteiger partial charge in [0.1, 0.15) is 12.4 Å². The number of unbranched alkanes of at least 4 members (excludes halogenated alkanes) is 1. The zero-order valence-corrected chi connectivity index (χ0v) is 13.8. The molecule has 0 heterocycles. The third kappa shape index (κ3) is 7.50. The fraction of sp³-hybridized carbons (Fsp3) is 0.533. The van der Waals surface area contributed by atoms with Crippen LogP contribution < -0.4 is 10.1 Å². The quantitative estimate of drug-likeness (QED) is 0.553. The van der Waals surface area contributed by atoms with Gasteiger partial charge in [-0.05, 0) is 39.1 Å². The minimum absolute atomic E-state index is 0.0522. The summed E-state index contributed by atoms with van der Waals surface area (Å²) < 4.78 is 5.64. The highest BCUT2D eigenvalue weighted by molar-refractivity contribution is 9.09. The van der Waals surface area contributed by atoms with Crippen molar-refractivity contribution in [2.45, 2.75) is 19.3 Å². The smallest absolute Gasteiger partial charge is 0.224 e. The number of hydrogen-bond donors (Lipinski definition) is 1. The maximum atomic E-state index is 11.7. The number of carbonyl (C=O) groups is 1. The van der Waals surface area contributed by atoms with E-state index in [2.05, 4.69) is 26.1 Å². The lowest BCUT2D eigenvalue weighted by Crippen LogP contribution is -2.19. The average Bonchev–Trinajstić information content (AvgIpc) is 2.39. The van der Waals surface area contributed by atoms with Crippen molar-refractivity contribution in [3.8, 4) is 5.75 Å². The number of benzene rings is 1. The summed E-state index contributed by atoms with van der Waals surface area (Å²) in [5.74, 6) is 0.835. The maximum absolute atomic E-state index is 11.7. The number of halogens is 1. The van der Waals surface area contributed by atoms with Crippen LogP contribution in [0, 0.1) is 0 Å². The summed E-state index contributed by atoms with van der Waals surface area (Å²) >= 11 is 3.36. The summed E-state index contributed by atoms with van der Waals surface area (Å²) in [6.45, 7) is 1.50. The number of likely N-dealkylation sites (N-methyl/N-ethyl adjacent to an activating group) is 1. The summed E-state index contributed by atoms with van der Waals surface area (Å²) in [4.78, 5) is 13.8. The minimum atomic E-state index is 0.0522. The van der Waals surface area contributed by atoms with Crippen LogP contribution in [0.2, 0.25) is 0 Å². The highest BCUT2D eigenvalue weighted by Gasteiger charge is 2.03. The van der Waals surface area contributed by atoms with Crippen LogP contribution in [0.1, 0.15) is 19.3 Å². The van der Waals surface area contributed by atoms with Crippen molar-refractivity contribution in [3.63, 3.8) is 0 Å². The Kier molecular flexibility index (Phi) is 8.30. The highest BCUT2D eigenvalue weighted by atomic mass is 79.9. The van der Waals surface area contributed by atoms with Crippen molar-refractivity contribution in [1.82, 2.24) is 4.90 Å². The van der Waals surface area contributed by atoms with Gasteiger partial charge in [0.05, 0.1) is 0 Å². The normalized spacial score (nSPS) is 10.6. The van der Waals surface area contributed by atoms with Gasteiger partial charge in [0, 0.05) is 30.0 Å². The van der Waals surface area contributed by atoms with Gasteiger partial charge in [-0.15, -0.1) is 0 Å². The topological polar surface area (TPSA) is 41.6 Å². The molecule has 1 N–H and O–H groups in total. The number of nitrogens with zero attached hydrogens (tertiary/aromatic N) is 1. The lowest BCUT2D eigenvalue weighted by atomic mass is 10.2. The van der Waals surface area contributed by atoms with E-state index in [0.717, 1.165) is 36.2 Å². The zero-order valence-electron chi connectivity index (χ0n) is 12.2. The van der Waals surface area contributed by atoms with E-state index >= 15 is 0 Å². The van der Waals surface area contributed by atoms with Crippen molar-refractivity contribution in [2.24, 2.45) is 0 Å². The van der Waals surface area contributed by atoms with E-state index in [1.165, 1.54) is 0 Å². The molecule has 0 unspecified atom stereocenters. The lowest BCUT2D eigenvalue weighted by Gasteiger charge is -2.12. The number of alkyl halides is 1. The predicted molar refractivity (Wildman–Crippen MR) is 86.8 cm³/mol. The molecule has 0 saturated heterocycles. The standard InChI is InChI=1S/C15H23BrN2O2/c1-18(2)10-11-20-14-7-5-6-13(12-14)17-15(19)8-3-4-9-16/h5-7,12H,3-4,8-11H2,1-2H3,(H,17,19). The summed E-state index contributed by atoms with van der Waals surface area (Å²) in [5, 5.41) is 3.84. The first-order chi connectivity index (χ1) is 9.61. The minimum Gasteiger partial charge on any atom is -0.492 e. The van der Waals surface area contributed by atoms with Gasteiger partial charge in [0.15, 0.2) is 0 Å². The molecule has 5 heteroatoms. The van der Waals surface area contributed by atoms with E-state index in [1.54, 1.807) is 0 Å². The maximum Gasteiger partial charge on any atom is 0.224 e. The van der Waals surface area contributed by atoms with E-state index in [0.29, 0.717) is 13.0 Å². The molecule has 1 amide bonds. The van der Waals surface area contributed by atoms with Crippen molar-refractivity contribution in [3.05, 3.63) is 24.3 Å². The van der Waals surface area contributed by atoms with E-state index < -0.39 is 0 Å². The van der Waals surface area contributed by atoms with Crippen LogP contribution in [0.15, 0.2) is 24.3 Å². The van der Waals surface area contributed by atoms with E-state index in [4.69, 9.17) is 4.74 Å². The van der Waals surface area contributed by atoms with Gasteiger partial charge in [0.2, 0.25) is 5.91 Å². The number of carbonyl (C=O) groups excluding carboxylic acids is 1. The van der Waals surface area contributed by atoms with Crippen molar-refractivity contribution in [1.29, 1.82) is 0 Å². The summed E-state index contributed by atoms with van der Waals surface area (Å²) in [7, 11) is 4.01. The van der Waals surface area contributed by atoms with E-state index in [9.17, 15) is 4.79 Å². The fourth-order valence-electron chi connectivity index (χ4n) is 1.61. The van der Waals surface area contributed by atoms with Crippen molar-refractivity contribution in [2.75, 3.05) is 37.9 Å². The van der Waals surface area contributed by atoms with Crippen LogP contribution in [0.4, 0.5) is 5.69 Å². The second kappa shape index (κ2) is 9.77.